The standard InChI is InChI=1S/C14H16N6O4S3/c1-10(2)20-7-13(15-8-20)27(23,24)18-11-3-5-12(6-4-11)26(21,22)19-14-17-16-9-25-14/h3-10,18H,1-2H3,(H,17,19). The number of rotatable bonds is 7. The average molecular weight is 429 g/mol. The lowest BCUT2D eigenvalue weighted by Crippen LogP contribution is -2.15. The van der Waals surface area contributed by atoms with Gasteiger partial charge >= 0.3 is 0 Å². The van der Waals surface area contributed by atoms with Crippen LogP contribution >= 0.6 is 11.3 Å². The van der Waals surface area contributed by atoms with Crippen LogP contribution in [0.4, 0.5) is 10.8 Å². The van der Waals surface area contributed by atoms with Gasteiger partial charge in [0.1, 0.15) is 5.51 Å². The number of anilines is 2. The third-order valence-corrected chi connectivity index (χ3v) is 6.80. The van der Waals surface area contributed by atoms with Gasteiger partial charge in [-0.1, -0.05) is 11.3 Å². The molecular formula is C14H16N6O4S3. The predicted octanol–water partition coefficient (Wildman–Crippen LogP) is 1.92. The van der Waals surface area contributed by atoms with Gasteiger partial charge in [0.2, 0.25) is 5.13 Å². The Labute approximate surface area is 160 Å². The van der Waals surface area contributed by atoms with Crippen molar-refractivity contribution in [3.8, 4) is 0 Å². The first-order chi connectivity index (χ1) is 12.7. The SMILES string of the molecule is CC(C)n1cnc(S(=O)(=O)Nc2ccc(S(=O)(=O)Nc3nncs3)cc2)c1. The van der Waals surface area contributed by atoms with Crippen molar-refractivity contribution in [2.75, 3.05) is 9.44 Å². The average Bonchev–Trinajstić information content (AvgIpc) is 3.26. The van der Waals surface area contributed by atoms with Gasteiger partial charge in [-0.25, -0.2) is 13.4 Å². The van der Waals surface area contributed by atoms with Gasteiger partial charge in [-0.3, -0.25) is 9.44 Å². The van der Waals surface area contributed by atoms with Crippen molar-refractivity contribution in [2.24, 2.45) is 0 Å². The van der Waals surface area contributed by atoms with E-state index < -0.39 is 20.0 Å². The van der Waals surface area contributed by atoms with Crippen LogP contribution in [-0.2, 0) is 20.0 Å². The molecule has 0 bridgehead atoms. The van der Waals surface area contributed by atoms with Crippen LogP contribution in [-0.4, -0.2) is 36.6 Å². The van der Waals surface area contributed by atoms with E-state index in [4.69, 9.17) is 0 Å². The Morgan fingerprint density at radius 1 is 1.04 bits per heavy atom. The maximum Gasteiger partial charge on any atom is 0.280 e. The maximum atomic E-state index is 12.4. The van der Waals surface area contributed by atoms with E-state index in [0.29, 0.717) is 0 Å². The van der Waals surface area contributed by atoms with Crippen molar-refractivity contribution in [3.05, 3.63) is 42.3 Å². The van der Waals surface area contributed by atoms with Crippen LogP contribution in [0.5, 0.6) is 0 Å². The third-order valence-electron chi connectivity index (χ3n) is 3.45. The van der Waals surface area contributed by atoms with Crippen molar-refractivity contribution in [2.45, 2.75) is 29.8 Å². The first-order valence-electron chi connectivity index (χ1n) is 7.63. The Hall–Kier alpha value is -2.51. The van der Waals surface area contributed by atoms with Crippen molar-refractivity contribution >= 4 is 42.2 Å². The molecule has 1 aromatic carbocycles. The highest BCUT2D eigenvalue weighted by Crippen LogP contribution is 2.21. The Morgan fingerprint density at radius 2 is 1.74 bits per heavy atom. The Balaban J connectivity index is 1.77. The molecule has 0 aliphatic heterocycles. The highest BCUT2D eigenvalue weighted by Gasteiger charge is 2.20. The molecule has 0 aliphatic carbocycles. The number of aromatic nitrogens is 4. The maximum absolute atomic E-state index is 12.4. The molecule has 0 amide bonds. The summed E-state index contributed by atoms with van der Waals surface area (Å²) in [6.45, 7) is 3.81. The van der Waals surface area contributed by atoms with Crippen molar-refractivity contribution in [3.63, 3.8) is 0 Å². The molecule has 0 atom stereocenters. The van der Waals surface area contributed by atoms with E-state index in [1.807, 2.05) is 13.8 Å². The van der Waals surface area contributed by atoms with Crippen LogP contribution in [0.2, 0.25) is 0 Å². The highest BCUT2D eigenvalue weighted by atomic mass is 32.2. The molecule has 13 heteroatoms. The van der Waals surface area contributed by atoms with Gasteiger partial charge < -0.3 is 4.57 Å². The summed E-state index contributed by atoms with van der Waals surface area (Å²) in [5, 5.41) is 7.19. The zero-order valence-corrected chi connectivity index (χ0v) is 16.7. The summed E-state index contributed by atoms with van der Waals surface area (Å²) in [5.41, 5.74) is 1.61. The van der Waals surface area contributed by atoms with Gasteiger partial charge in [0.25, 0.3) is 20.0 Å². The second kappa shape index (κ2) is 7.25. The van der Waals surface area contributed by atoms with E-state index in [-0.39, 0.29) is 26.8 Å². The summed E-state index contributed by atoms with van der Waals surface area (Å²) in [4.78, 5) is 3.86. The van der Waals surface area contributed by atoms with Gasteiger partial charge in [0.15, 0.2) is 5.03 Å². The zero-order chi connectivity index (χ0) is 19.7. The molecule has 2 heterocycles. The first kappa shape index (κ1) is 19.3. The quantitative estimate of drug-likeness (QED) is 0.586. The number of nitrogens with zero attached hydrogens (tertiary/aromatic N) is 4. The zero-order valence-electron chi connectivity index (χ0n) is 14.3. The molecule has 0 aliphatic rings. The second-order valence-electron chi connectivity index (χ2n) is 5.73. The summed E-state index contributed by atoms with van der Waals surface area (Å²) < 4.78 is 55.6. The molecule has 10 nitrogen and oxygen atoms in total. The fourth-order valence-corrected chi connectivity index (χ4v) is 4.73. The van der Waals surface area contributed by atoms with Gasteiger partial charge in [-0.2, -0.15) is 8.42 Å². The van der Waals surface area contributed by atoms with Crippen molar-refractivity contribution < 1.29 is 16.8 Å². The molecule has 2 N–H and O–H groups in total. The highest BCUT2D eigenvalue weighted by molar-refractivity contribution is 7.93. The number of hydrogen-bond acceptors (Lipinski definition) is 8. The first-order valence-corrected chi connectivity index (χ1v) is 11.5. The number of hydrogen-bond donors (Lipinski definition) is 2. The summed E-state index contributed by atoms with van der Waals surface area (Å²) in [6, 6.07) is 5.35. The molecule has 2 aromatic heterocycles. The Bertz CT molecular complexity index is 1120. The van der Waals surface area contributed by atoms with E-state index in [1.165, 1.54) is 42.3 Å². The molecule has 3 aromatic rings. The number of nitrogens with one attached hydrogen (secondary N) is 2. The van der Waals surface area contributed by atoms with E-state index in [2.05, 4.69) is 24.6 Å². The van der Waals surface area contributed by atoms with Crippen molar-refractivity contribution in [1.29, 1.82) is 0 Å². The molecule has 0 radical (unpaired) electrons. The number of imidazole rings is 1. The summed E-state index contributed by atoms with van der Waals surface area (Å²) >= 11 is 1.04. The van der Waals surface area contributed by atoms with E-state index in [9.17, 15) is 16.8 Å². The van der Waals surface area contributed by atoms with Crippen LogP contribution in [0.25, 0.3) is 0 Å². The normalized spacial score (nSPS) is 12.3. The molecule has 0 unspecified atom stereocenters. The largest absolute Gasteiger partial charge is 0.334 e. The molecular weight excluding hydrogens is 412 g/mol. The minimum Gasteiger partial charge on any atom is -0.334 e. The Kier molecular flexibility index (Phi) is 5.17. The Morgan fingerprint density at radius 3 is 2.30 bits per heavy atom. The van der Waals surface area contributed by atoms with Gasteiger partial charge in [-0.05, 0) is 38.1 Å². The molecule has 0 saturated heterocycles. The van der Waals surface area contributed by atoms with Crippen LogP contribution in [0.3, 0.4) is 0 Å². The number of sulfonamides is 2. The van der Waals surface area contributed by atoms with Crippen LogP contribution in [0.15, 0.2) is 52.2 Å². The van der Waals surface area contributed by atoms with Crippen molar-refractivity contribution in [1.82, 2.24) is 19.7 Å². The molecule has 0 spiro atoms. The van der Waals surface area contributed by atoms with E-state index in [1.54, 1.807) is 4.57 Å². The smallest absolute Gasteiger partial charge is 0.280 e. The lowest BCUT2D eigenvalue weighted by Gasteiger charge is -2.08. The monoisotopic (exact) mass is 428 g/mol. The summed E-state index contributed by atoms with van der Waals surface area (Å²) in [6.07, 6.45) is 2.87. The van der Waals surface area contributed by atoms with Gasteiger partial charge in [0.05, 0.1) is 11.2 Å². The predicted molar refractivity (Wildman–Crippen MR) is 101 cm³/mol. The molecule has 0 fully saturated rings. The summed E-state index contributed by atoms with van der Waals surface area (Å²) in [5.74, 6) is 0. The molecule has 3 rings (SSSR count). The minimum absolute atomic E-state index is 0.0373. The lowest BCUT2D eigenvalue weighted by atomic mass is 10.3. The van der Waals surface area contributed by atoms with Gasteiger partial charge in [0, 0.05) is 17.9 Å². The number of benzene rings is 1. The molecule has 27 heavy (non-hydrogen) atoms. The lowest BCUT2D eigenvalue weighted by molar-refractivity contribution is 0.591. The summed E-state index contributed by atoms with van der Waals surface area (Å²) in [7, 11) is -7.72. The third kappa shape index (κ3) is 4.43. The minimum atomic E-state index is -3.88. The second-order valence-corrected chi connectivity index (χ2v) is 9.88. The van der Waals surface area contributed by atoms with Gasteiger partial charge in [-0.15, -0.1) is 10.2 Å². The topological polar surface area (TPSA) is 136 Å². The fraction of sp³-hybridized carbons (Fsp3) is 0.214. The molecule has 144 valence electrons. The molecule has 0 saturated carbocycles. The fourth-order valence-electron chi connectivity index (χ4n) is 2.04. The van der Waals surface area contributed by atoms with E-state index >= 15 is 0 Å². The van der Waals surface area contributed by atoms with Crippen LogP contribution in [0.1, 0.15) is 19.9 Å². The van der Waals surface area contributed by atoms with E-state index in [0.717, 1.165) is 11.3 Å². The van der Waals surface area contributed by atoms with Crippen LogP contribution < -0.4 is 9.44 Å². The van der Waals surface area contributed by atoms with Crippen LogP contribution in [0, 0.1) is 0 Å².